The summed E-state index contributed by atoms with van der Waals surface area (Å²) in [5.74, 6) is 1.93. The molecule has 0 aromatic heterocycles. The van der Waals surface area contributed by atoms with E-state index >= 15 is 0 Å². The van der Waals surface area contributed by atoms with Gasteiger partial charge in [-0.05, 0) is 25.7 Å². The molecule has 2 atom stereocenters. The molecular formula is C13H24N2O. The van der Waals surface area contributed by atoms with E-state index in [1.54, 1.807) is 0 Å². The highest BCUT2D eigenvalue weighted by Gasteiger charge is 2.26. The van der Waals surface area contributed by atoms with Gasteiger partial charge in [0.25, 0.3) is 0 Å². The van der Waals surface area contributed by atoms with E-state index in [-0.39, 0.29) is 0 Å². The first-order valence-electron chi connectivity index (χ1n) is 6.79. The fourth-order valence-corrected chi connectivity index (χ4v) is 2.64. The number of ether oxygens (including phenoxy) is 1. The van der Waals surface area contributed by atoms with Crippen LogP contribution < -0.4 is 5.32 Å². The third kappa shape index (κ3) is 3.21. The molecule has 3 heteroatoms. The quantitative estimate of drug-likeness (QED) is 0.798. The first-order chi connectivity index (χ1) is 7.90. The van der Waals surface area contributed by atoms with Crippen LogP contribution in [0.4, 0.5) is 0 Å². The molecule has 0 spiro atoms. The van der Waals surface area contributed by atoms with E-state index in [2.05, 4.69) is 17.2 Å². The maximum absolute atomic E-state index is 5.70. The zero-order valence-electron chi connectivity index (χ0n) is 10.4. The van der Waals surface area contributed by atoms with Crippen molar-refractivity contribution >= 4 is 5.84 Å². The molecule has 1 saturated heterocycles. The summed E-state index contributed by atoms with van der Waals surface area (Å²) in [6.45, 7) is 5.22. The Morgan fingerprint density at radius 1 is 1.38 bits per heavy atom. The molecule has 0 bridgehead atoms. The van der Waals surface area contributed by atoms with Gasteiger partial charge in [0.2, 0.25) is 0 Å². The van der Waals surface area contributed by atoms with E-state index in [4.69, 9.17) is 4.74 Å². The van der Waals surface area contributed by atoms with Crippen LogP contribution in [0.2, 0.25) is 0 Å². The first kappa shape index (κ1) is 11.9. The van der Waals surface area contributed by atoms with Crippen LogP contribution in [0.15, 0.2) is 4.99 Å². The molecule has 0 radical (unpaired) electrons. The van der Waals surface area contributed by atoms with Gasteiger partial charge < -0.3 is 10.1 Å². The second-order valence-corrected chi connectivity index (χ2v) is 4.89. The molecule has 2 aliphatic heterocycles. The molecule has 1 fully saturated rings. The minimum atomic E-state index is 0.471. The molecule has 92 valence electrons. The Morgan fingerprint density at radius 3 is 3.19 bits per heavy atom. The third-order valence-corrected chi connectivity index (χ3v) is 3.69. The van der Waals surface area contributed by atoms with Crippen molar-refractivity contribution in [2.24, 2.45) is 10.9 Å². The minimum absolute atomic E-state index is 0.471. The van der Waals surface area contributed by atoms with Crippen molar-refractivity contribution < 1.29 is 4.74 Å². The normalized spacial score (nSPS) is 30.9. The monoisotopic (exact) mass is 224 g/mol. The van der Waals surface area contributed by atoms with Crippen molar-refractivity contribution in [1.29, 1.82) is 0 Å². The Balaban J connectivity index is 1.75. The molecule has 0 aromatic rings. The lowest BCUT2D eigenvalue weighted by Gasteiger charge is -2.18. The molecule has 2 aliphatic rings. The molecule has 0 amide bonds. The van der Waals surface area contributed by atoms with Gasteiger partial charge in [-0.2, -0.15) is 0 Å². The zero-order chi connectivity index (χ0) is 11.2. The predicted molar refractivity (Wildman–Crippen MR) is 66.9 cm³/mol. The molecule has 3 nitrogen and oxygen atoms in total. The molecule has 2 rings (SSSR count). The number of nitrogens with one attached hydrogen (secondary N) is 1. The van der Waals surface area contributed by atoms with Crippen molar-refractivity contribution in [3.05, 3.63) is 0 Å². The number of hydrogen-bond acceptors (Lipinski definition) is 3. The van der Waals surface area contributed by atoms with E-state index in [0.29, 0.717) is 12.0 Å². The number of aliphatic imine (C=N–C) groups is 1. The van der Waals surface area contributed by atoms with Gasteiger partial charge in [-0.25, -0.2) is 0 Å². The predicted octanol–water partition coefficient (Wildman–Crippen LogP) is 2.36. The van der Waals surface area contributed by atoms with Gasteiger partial charge in [-0.3, -0.25) is 4.99 Å². The van der Waals surface area contributed by atoms with Gasteiger partial charge in [-0.15, -0.1) is 0 Å². The highest BCUT2D eigenvalue weighted by atomic mass is 16.5. The first-order valence-corrected chi connectivity index (χ1v) is 6.79. The van der Waals surface area contributed by atoms with Crippen molar-refractivity contribution in [1.82, 2.24) is 5.32 Å². The van der Waals surface area contributed by atoms with E-state index in [1.165, 1.54) is 31.5 Å². The molecular weight excluding hydrogens is 200 g/mol. The largest absolute Gasteiger partial charge is 0.378 e. The van der Waals surface area contributed by atoms with E-state index in [0.717, 1.165) is 32.5 Å². The third-order valence-electron chi connectivity index (χ3n) is 3.69. The average molecular weight is 224 g/mol. The van der Waals surface area contributed by atoms with Crippen molar-refractivity contribution in [2.45, 2.75) is 51.6 Å². The summed E-state index contributed by atoms with van der Waals surface area (Å²) in [4.78, 5) is 4.60. The van der Waals surface area contributed by atoms with E-state index in [1.807, 2.05) is 0 Å². The molecule has 16 heavy (non-hydrogen) atoms. The smallest absolute Gasteiger partial charge is 0.0963 e. The summed E-state index contributed by atoms with van der Waals surface area (Å²) in [6, 6.07) is 0. The fourth-order valence-electron chi connectivity index (χ4n) is 2.64. The molecule has 0 saturated carbocycles. The van der Waals surface area contributed by atoms with Crippen molar-refractivity contribution in [2.75, 3.05) is 19.7 Å². The molecule has 0 aliphatic carbocycles. The van der Waals surface area contributed by atoms with Crippen LogP contribution in [0.5, 0.6) is 0 Å². The topological polar surface area (TPSA) is 33.6 Å². The van der Waals surface area contributed by atoms with Crippen molar-refractivity contribution in [3.63, 3.8) is 0 Å². The summed E-state index contributed by atoms with van der Waals surface area (Å²) in [5.41, 5.74) is 0. The van der Waals surface area contributed by atoms with Crippen LogP contribution in [-0.4, -0.2) is 31.6 Å². The zero-order valence-corrected chi connectivity index (χ0v) is 10.4. The van der Waals surface area contributed by atoms with Gasteiger partial charge >= 0.3 is 0 Å². The number of hydrogen-bond donors (Lipinski definition) is 1. The summed E-state index contributed by atoms with van der Waals surface area (Å²) >= 11 is 0. The SMILES string of the molecule is CCC1OCCC1CNC1=NCCCCC1. The molecule has 0 aromatic carbocycles. The Morgan fingerprint density at radius 2 is 2.31 bits per heavy atom. The maximum Gasteiger partial charge on any atom is 0.0963 e. The average Bonchev–Trinajstić information content (AvgIpc) is 2.60. The highest BCUT2D eigenvalue weighted by Crippen LogP contribution is 2.22. The van der Waals surface area contributed by atoms with Crippen molar-refractivity contribution in [3.8, 4) is 0 Å². The van der Waals surface area contributed by atoms with Crippen LogP contribution in [0.3, 0.4) is 0 Å². The van der Waals surface area contributed by atoms with Gasteiger partial charge in [0, 0.05) is 32.0 Å². The van der Waals surface area contributed by atoms with Gasteiger partial charge in [0.1, 0.15) is 0 Å². The van der Waals surface area contributed by atoms with Crippen LogP contribution in [0, 0.1) is 5.92 Å². The van der Waals surface area contributed by atoms with Gasteiger partial charge in [-0.1, -0.05) is 13.3 Å². The maximum atomic E-state index is 5.70. The Hall–Kier alpha value is -0.570. The van der Waals surface area contributed by atoms with Gasteiger partial charge in [0.15, 0.2) is 0 Å². The van der Waals surface area contributed by atoms with Crippen LogP contribution in [0.1, 0.15) is 45.4 Å². The van der Waals surface area contributed by atoms with Crippen LogP contribution in [-0.2, 0) is 4.74 Å². The van der Waals surface area contributed by atoms with Crippen LogP contribution in [0.25, 0.3) is 0 Å². The summed E-state index contributed by atoms with van der Waals surface area (Å²) in [7, 11) is 0. The lowest BCUT2D eigenvalue weighted by atomic mass is 9.99. The van der Waals surface area contributed by atoms with Crippen LogP contribution >= 0.6 is 0 Å². The second kappa shape index (κ2) is 6.24. The Kier molecular flexibility index (Phi) is 4.64. The lowest BCUT2D eigenvalue weighted by Crippen LogP contribution is -2.32. The molecule has 2 heterocycles. The number of rotatable bonds is 3. The summed E-state index contributed by atoms with van der Waals surface area (Å²) in [6.07, 6.45) is 7.85. The highest BCUT2D eigenvalue weighted by molar-refractivity contribution is 5.82. The standard InChI is InChI=1S/C13H24N2O/c1-2-12-11(7-9-16-12)10-15-13-6-4-3-5-8-14-13/h11-12H,2-10H2,1H3,(H,14,15). The second-order valence-electron chi connectivity index (χ2n) is 4.89. The summed E-state index contributed by atoms with van der Waals surface area (Å²) < 4.78 is 5.70. The fraction of sp³-hybridized carbons (Fsp3) is 0.923. The van der Waals surface area contributed by atoms with Gasteiger partial charge in [0.05, 0.1) is 11.9 Å². The molecule has 2 unspecified atom stereocenters. The number of amidine groups is 1. The Labute approximate surface area is 98.7 Å². The number of nitrogens with zero attached hydrogens (tertiary/aromatic N) is 1. The molecule has 1 N–H and O–H groups in total. The van der Waals surface area contributed by atoms with E-state index < -0.39 is 0 Å². The summed E-state index contributed by atoms with van der Waals surface area (Å²) in [5, 5.41) is 3.54. The lowest BCUT2D eigenvalue weighted by molar-refractivity contribution is 0.0882. The van der Waals surface area contributed by atoms with E-state index in [9.17, 15) is 0 Å². The Bertz CT molecular complexity index is 240. The minimum Gasteiger partial charge on any atom is -0.378 e.